The van der Waals surface area contributed by atoms with Gasteiger partial charge in [0.25, 0.3) is 5.91 Å². The second kappa shape index (κ2) is 6.34. The van der Waals surface area contributed by atoms with Gasteiger partial charge in [-0.25, -0.2) is 4.79 Å². The molecule has 0 aromatic heterocycles. The van der Waals surface area contributed by atoms with E-state index in [0.717, 1.165) is 6.08 Å². The van der Waals surface area contributed by atoms with Crippen LogP contribution in [-0.4, -0.2) is 41.4 Å². The van der Waals surface area contributed by atoms with Gasteiger partial charge in [-0.3, -0.25) is 9.59 Å². The third kappa shape index (κ3) is 4.63. The van der Waals surface area contributed by atoms with Gasteiger partial charge in [0, 0.05) is 18.7 Å². The normalized spacial score (nSPS) is 10.4. The number of benzene rings is 1. The van der Waals surface area contributed by atoms with Gasteiger partial charge < -0.3 is 15.7 Å². The van der Waals surface area contributed by atoms with E-state index in [1.54, 1.807) is 24.3 Å². The lowest BCUT2D eigenvalue weighted by molar-refractivity contribution is -0.131. The molecule has 2 amide bonds. The van der Waals surface area contributed by atoms with Crippen molar-refractivity contribution in [2.24, 2.45) is 5.73 Å². The second-order valence-corrected chi connectivity index (χ2v) is 3.92. The number of amides is 2. The molecule has 0 aliphatic heterocycles. The quantitative estimate of drug-likeness (QED) is 0.747. The standard InChI is InChI=1S/C13H14N2O4/c1-15(8-11(14)16)13(19)10-4-2-3-9(7-10)5-6-12(17)18/h2-7H,8H2,1H3,(H2,14,16)(H,17,18). The molecular weight excluding hydrogens is 248 g/mol. The molecule has 0 atom stereocenters. The molecule has 0 aliphatic carbocycles. The van der Waals surface area contributed by atoms with E-state index in [-0.39, 0.29) is 12.5 Å². The molecule has 1 aromatic rings. The highest BCUT2D eigenvalue weighted by atomic mass is 16.4. The molecule has 3 N–H and O–H groups in total. The van der Waals surface area contributed by atoms with Crippen molar-refractivity contribution in [1.29, 1.82) is 0 Å². The van der Waals surface area contributed by atoms with Crippen LogP contribution < -0.4 is 5.73 Å². The number of rotatable bonds is 5. The van der Waals surface area contributed by atoms with Crippen molar-refractivity contribution in [3.8, 4) is 0 Å². The molecule has 0 saturated heterocycles. The molecule has 1 rings (SSSR count). The first-order valence-corrected chi connectivity index (χ1v) is 5.45. The lowest BCUT2D eigenvalue weighted by Gasteiger charge is -2.15. The fraction of sp³-hybridized carbons (Fsp3) is 0.154. The zero-order chi connectivity index (χ0) is 14.4. The maximum absolute atomic E-state index is 11.9. The van der Waals surface area contributed by atoms with Crippen molar-refractivity contribution < 1.29 is 19.5 Å². The fourth-order valence-electron chi connectivity index (χ4n) is 1.47. The Labute approximate surface area is 110 Å². The average Bonchev–Trinajstić information content (AvgIpc) is 2.35. The number of carboxylic acids is 1. The fourth-order valence-corrected chi connectivity index (χ4v) is 1.47. The van der Waals surface area contributed by atoms with Gasteiger partial charge in [0.2, 0.25) is 5.91 Å². The van der Waals surface area contributed by atoms with Gasteiger partial charge in [-0.05, 0) is 23.8 Å². The molecule has 1 aromatic carbocycles. The second-order valence-electron chi connectivity index (χ2n) is 3.92. The summed E-state index contributed by atoms with van der Waals surface area (Å²) < 4.78 is 0. The largest absolute Gasteiger partial charge is 0.478 e. The summed E-state index contributed by atoms with van der Waals surface area (Å²) >= 11 is 0. The predicted molar refractivity (Wildman–Crippen MR) is 69.3 cm³/mol. The van der Waals surface area contributed by atoms with Crippen LogP contribution >= 0.6 is 0 Å². The first-order chi connectivity index (χ1) is 8.90. The first kappa shape index (κ1) is 14.4. The van der Waals surface area contributed by atoms with Gasteiger partial charge in [-0.1, -0.05) is 12.1 Å². The number of hydrogen-bond acceptors (Lipinski definition) is 3. The third-order valence-electron chi connectivity index (χ3n) is 2.29. The molecular formula is C13H14N2O4. The van der Waals surface area contributed by atoms with E-state index in [1.807, 2.05) is 0 Å². The highest BCUT2D eigenvalue weighted by Crippen LogP contribution is 2.09. The van der Waals surface area contributed by atoms with Crippen molar-refractivity contribution in [3.63, 3.8) is 0 Å². The molecule has 6 nitrogen and oxygen atoms in total. The van der Waals surface area contributed by atoms with Crippen LogP contribution in [0, 0.1) is 0 Å². The summed E-state index contributed by atoms with van der Waals surface area (Å²) in [5.74, 6) is -2.02. The Kier molecular flexibility index (Phi) is 4.82. The van der Waals surface area contributed by atoms with Gasteiger partial charge in [-0.2, -0.15) is 0 Å². The van der Waals surface area contributed by atoms with Gasteiger partial charge in [-0.15, -0.1) is 0 Å². The maximum atomic E-state index is 11.9. The van der Waals surface area contributed by atoms with Gasteiger partial charge in [0.1, 0.15) is 0 Å². The first-order valence-electron chi connectivity index (χ1n) is 5.45. The smallest absolute Gasteiger partial charge is 0.328 e. The average molecular weight is 262 g/mol. The highest BCUT2D eigenvalue weighted by Gasteiger charge is 2.13. The zero-order valence-corrected chi connectivity index (χ0v) is 10.4. The van der Waals surface area contributed by atoms with Gasteiger partial charge in [0.05, 0.1) is 6.54 Å². The van der Waals surface area contributed by atoms with Gasteiger partial charge >= 0.3 is 5.97 Å². The van der Waals surface area contributed by atoms with E-state index in [4.69, 9.17) is 10.8 Å². The van der Waals surface area contributed by atoms with Crippen LogP contribution in [0.5, 0.6) is 0 Å². The Morgan fingerprint density at radius 3 is 2.63 bits per heavy atom. The summed E-state index contributed by atoms with van der Waals surface area (Å²) in [7, 11) is 1.47. The van der Waals surface area contributed by atoms with Crippen molar-refractivity contribution in [2.75, 3.05) is 13.6 Å². The number of nitrogens with zero attached hydrogens (tertiary/aromatic N) is 1. The van der Waals surface area contributed by atoms with Crippen molar-refractivity contribution >= 4 is 23.9 Å². The Morgan fingerprint density at radius 2 is 2.05 bits per heavy atom. The molecule has 0 fully saturated rings. The van der Waals surface area contributed by atoms with Crippen LogP contribution in [0.4, 0.5) is 0 Å². The molecule has 0 radical (unpaired) electrons. The van der Waals surface area contributed by atoms with E-state index in [0.29, 0.717) is 11.1 Å². The zero-order valence-electron chi connectivity index (χ0n) is 10.4. The lowest BCUT2D eigenvalue weighted by Crippen LogP contribution is -2.35. The third-order valence-corrected chi connectivity index (χ3v) is 2.29. The van der Waals surface area contributed by atoms with Crippen LogP contribution in [-0.2, 0) is 9.59 Å². The molecule has 0 spiro atoms. The number of primary amides is 1. The SMILES string of the molecule is CN(CC(N)=O)C(=O)c1cccc(C=CC(=O)O)c1. The molecule has 0 bridgehead atoms. The number of likely N-dealkylation sites (N-methyl/N-ethyl adjacent to an activating group) is 1. The van der Waals surface area contributed by atoms with Crippen molar-refractivity contribution in [1.82, 2.24) is 4.90 Å². The minimum absolute atomic E-state index is 0.173. The number of aliphatic carboxylic acids is 1. The molecule has 0 aliphatic rings. The Morgan fingerprint density at radius 1 is 1.37 bits per heavy atom. The number of carbonyl (C=O) groups excluding carboxylic acids is 2. The molecule has 19 heavy (non-hydrogen) atoms. The Balaban J connectivity index is 2.89. The molecule has 0 heterocycles. The van der Waals surface area contributed by atoms with Crippen LogP contribution in [0.25, 0.3) is 6.08 Å². The van der Waals surface area contributed by atoms with E-state index in [2.05, 4.69) is 0 Å². The van der Waals surface area contributed by atoms with Crippen LogP contribution in [0.15, 0.2) is 30.3 Å². The van der Waals surface area contributed by atoms with Crippen LogP contribution in [0.2, 0.25) is 0 Å². The number of carboxylic acid groups (broad SMARTS) is 1. The molecule has 100 valence electrons. The molecule has 6 heteroatoms. The monoisotopic (exact) mass is 262 g/mol. The summed E-state index contributed by atoms with van der Waals surface area (Å²) in [6, 6.07) is 6.42. The van der Waals surface area contributed by atoms with Crippen molar-refractivity contribution in [2.45, 2.75) is 0 Å². The minimum Gasteiger partial charge on any atom is -0.478 e. The topological polar surface area (TPSA) is 101 Å². The van der Waals surface area contributed by atoms with Crippen LogP contribution in [0.3, 0.4) is 0 Å². The molecule has 0 saturated carbocycles. The summed E-state index contributed by atoms with van der Waals surface area (Å²) in [4.78, 5) is 34.3. The van der Waals surface area contributed by atoms with E-state index >= 15 is 0 Å². The summed E-state index contributed by atoms with van der Waals surface area (Å²) in [5, 5.41) is 8.53. The van der Waals surface area contributed by atoms with E-state index in [1.165, 1.54) is 18.0 Å². The predicted octanol–water partition coefficient (Wildman–Crippen LogP) is 0.342. The van der Waals surface area contributed by atoms with E-state index < -0.39 is 11.9 Å². The lowest BCUT2D eigenvalue weighted by atomic mass is 10.1. The number of carbonyl (C=O) groups is 3. The summed E-state index contributed by atoms with van der Waals surface area (Å²) in [6.45, 7) is -0.173. The molecule has 0 unspecified atom stereocenters. The van der Waals surface area contributed by atoms with E-state index in [9.17, 15) is 14.4 Å². The van der Waals surface area contributed by atoms with Gasteiger partial charge in [0.15, 0.2) is 0 Å². The highest BCUT2D eigenvalue weighted by molar-refractivity contribution is 5.96. The Bertz CT molecular complexity index is 537. The maximum Gasteiger partial charge on any atom is 0.328 e. The summed E-state index contributed by atoms with van der Waals surface area (Å²) in [5.41, 5.74) is 5.95. The number of nitrogens with two attached hydrogens (primary N) is 1. The van der Waals surface area contributed by atoms with Crippen LogP contribution in [0.1, 0.15) is 15.9 Å². The minimum atomic E-state index is -1.07. The van der Waals surface area contributed by atoms with Crippen molar-refractivity contribution in [3.05, 3.63) is 41.5 Å². The Hall–Kier alpha value is -2.63. The number of hydrogen-bond donors (Lipinski definition) is 2. The summed E-state index contributed by atoms with van der Waals surface area (Å²) in [6.07, 6.45) is 2.36.